The number of nitrogens with zero attached hydrogens (tertiary/aromatic N) is 3. The summed E-state index contributed by atoms with van der Waals surface area (Å²) in [5.41, 5.74) is 2.81. The monoisotopic (exact) mass is 284 g/mol. The maximum absolute atomic E-state index is 4.42. The lowest BCUT2D eigenvalue weighted by molar-refractivity contribution is 0.489. The molecule has 4 nitrogen and oxygen atoms in total. The fraction of sp³-hybridized carbons (Fsp3) is 0.471. The van der Waals surface area contributed by atoms with Crippen molar-refractivity contribution < 1.29 is 0 Å². The van der Waals surface area contributed by atoms with Gasteiger partial charge in [0.05, 0.1) is 0 Å². The van der Waals surface area contributed by atoms with Gasteiger partial charge in [0, 0.05) is 50.7 Å². The molecule has 2 heterocycles. The zero-order valence-corrected chi connectivity index (χ0v) is 12.9. The van der Waals surface area contributed by atoms with E-state index in [2.05, 4.69) is 58.0 Å². The number of anilines is 1. The maximum atomic E-state index is 4.42. The molecule has 1 atom stereocenters. The highest BCUT2D eigenvalue weighted by Gasteiger charge is 2.23. The fourth-order valence-electron chi connectivity index (χ4n) is 3.19. The van der Waals surface area contributed by atoms with Crippen molar-refractivity contribution in [3.05, 3.63) is 48.0 Å². The number of imidazole rings is 1. The number of aryl methyl sites for hydroxylation is 1. The van der Waals surface area contributed by atoms with Crippen molar-refractivity contribution in [2.45, 2.75) is 25.8 Å². The van der Waals surface area contributed by atoms with Crippen LogP contribution in [0.25, 0.3) is 0 Å². The molecule has 0 spiro atoms. The fourth-order valence-corrected chi connectivity index (χ4v) is 3.19. The van der Waals surface area contributed by atoms with Crippen molar-refractivity contribution in [2.75, 3.05) is 24.5 Å². The second kappa shape index (κ2) is 6.31. The first kappa shape index (κ1) is 14.1. The van der Waals surface area contributed by atoms with E-state index in [0.29, 0.717) is 6.04 Å². The van der Waals surface area contributed by atoms with E-state index in [4.69, 9.17) is 0 Å². The number of hydrogen-bond acceptors (Lipinski definition) is 3. The molecule has 21 heavy (non-hydrogen) atoms. The van der Waals surface area contributed by atoms with Crippen molar-refractivity contribution in [2.24, 2.45) is 7.05 Å². The van der Waals surface area contributed by atoms with Gasteiger partial charge in [-0.2, -0.15) is 0 Å². The van der Waals surface area contributed by atoms with Crippen molar-refractivity contribution in [3.8, 4) is 0 Å². The number of nitrogens with one attached hydrogen (secondary N) is 1. The Bertz CT molecular complexity index is 590. The third kappa shape index (κ3) is 2.95. The van der Waals surface area contributed by atoms with Gasteiger partial charge in [-0.3, -0.25) is 0 Å². The van der Waals surface area contributed by atoms with Gasteiger partial charge in [0.2, 0.25) is 0 Å². The summed E-state index contributed by atoms with van der Waals surface area (Å²) < 4.78 is 2.11. The molecule has 0 saturated carbocycles. The van der Waals surface area contributed by atoms with Crippen molar-refractivity contribution in [1.82, 2.24) is 14.9 Å². The number of aromatic nitrogens is 2. The number of benzene rings is 1. The zero-order chi connectivity index (χ0) is 14.7. The van der Waals surface area contributed by atoms with Gasteiger partial charge in [-0.15, -0.1) is 0 Å². The van der Waals surface area contributed by atoms with Crippen molar-refractivity contribution in [1.29, 1.82) is 0 Å². The molecule has 4 heteroatoms. The Morgan fingerprint density at radius 3 is 2.95 bits per heavy atom. The van der Waals surface area contributed by atoms with Crippen molar-refractivity contribution in [3.63, 3.8) is 0 Å². The molecule has 0 aliphatic carbocycles. The van der Waals surface area contributed by atoms with Gasteiger partial charge < -0.3 is 14.8 Å². The van der Waals surface area contributed by atoms with Gasteiger partial charge in [-0.05, 0) is 24.6 Å². The predicted molar refractivity (Wildman–Crippen MR) is 86.6 cm³/mol. The number of fused-ring (bicyclic) bond motifs is 1. The highest BCUT2D eigenvalue weighted by atomic mass is 15.2. The smallest absolute Gasteiger partial charge is 0.110 e. The number of hydrogen-bond donors (Lipinski definition) is 1. The van der Waals surface area contributed by atoms with Crippen molar-refractivity contribution >= 4 is 5.69 Å². The summed E-state index contributed by atoms with van der Waals surface area (Å²) in [6.07, 6.45) is 6.05. The van der Waals surface area contributed by atoms with E-state index >= 15 is 0 Å². The van der Waals surface area contributed by atoms with Gasteiger partial charge in [0.25, 0.3) is 0 Å². The van der Waals surface area contributed by atoms with Crippen LogP contribution in [0.5, 0.6) is 0 Å². The topological polar surface area (TPSA) is 33.1 Å². The molecule has 1 aromatic carbocycles. The number of rotatable bonds is 5. The molecule has 0 fully saturated rings. The Labute approximate surface area is 126 Å². The van der Waals surface area contributed by atoms with Crippen LogP contribution in [0, 0.1) is 0 Å². The lowest BCUT2D eigenvalue weighted by Gasteiger charge is -2.36. The van der Waals surface area contributed by atoms with Crippen LogP contribution in [-0.4, -0.2) is 29.2 Å². The lowest BCUT2D eigenvalue weighted by atomic mass is 9.96. The molecule has 1 aliphatic rings. The van der Waals surface area contributed by atoms with Gasteiger partial charge in [0.1, 0.15) is 5.82 Å². The molecule has 112 valence electrons. The standard InChI is InChI=1S/C17H24N4/c1-3-18-15-8-11-21(16-7-5-4-6-14(15)16)12-9-17-19-10-13-20(17)2/h4-7,10,13,15,18H,3,8-9,11-12H2,1-2H3. The predicted octanol–water partition coefficient (Wildman–Crippen LogP) is 2.52. The summed E-state index contributed by atoms with van der Waals surface area (Å²) in [7, 11) is 2.06. The molecule has 0 saturated heterocycles. The van der Waals surface area contributed by atoms with Crippen LogP contribution in [0.1, 0.15) is 30.8 Å². The summed E-state index contributed by atoms with van der Waals surface area (Å²) in [5, 5.41) is 3.60. The van der Waals surface area contributed by atoms with Crippen LogP contribution in [0.4, 0.5) is 5.69 Å². The Morgan fingerprint density at radius 1 is 1.33 bits per heavy atom. The van der Waals surface area contributed by atoms with Gasteiger partial charge in [0.15, 0.2) is 0 Å². The van der Waals surface area contributed by atoms with Gasteiger partial charge >= 0.3 is 0 Å². The van der Waals surface area contributed by atoms with E-state index in [9.17, 15) is 0 Å². The molecule has 0 amide bonds. The second-order valence-electron chi connectivity index (χ2n) is 5.65. The molecule has 1 aromatic heterocycles. The zero-order valence-electron chi connectivity index (χ0n) is 12.9. The highest BCUT2D eigenvalue weighted by Crippen LogP contribution is 2.33. The lowest BCUT2D eigenvalue weighted by Crippen LogP contribution is -2.37. The third-order valence-corrected chi connectivity index (χ3v) is 4.32. The van der Waals surface area contributed by atoms with Crippen LogP contribution < -0.4 is 10.2 Å². The Morgan fingerprint density at radius 2 is 2.19 bits per heavy atom. The van der Waals surface area contributed by atoms with E-state index < -0.39 is 0 Å². The first-order chi connectivity index (χ1) is 10.3. The molecule has 1 N–H and O–H groups in total. The van der Waals surface area contributed by atoms with Gasteiger partial charge in [-0.1, -0.05) is 25.1 Å². The molecule has 0 radical (unpaired) electrons. The Balaban J connectivity index is 1.75. The van der Waals surface area contributed by atoms with E-state index in [1.807, 2.05) is 12.4 Å². The highest BCUT2D eigenvalue weighted by molar-refractivity contribution is 5.57. The first-order valence-corrected chi connectivity index (χ1v) is 7.83. The molecule has 3 rings (SSSR count). The van der Waals surface area contributed by atoms with E-state index in [-0.39, 0.29) is 0 Å². The average molecular weight is 284 g/mol. The van der Waals surface area contributed by atoms with Crippen LogP contribution in [0.2, 0.25) is 0 Å². The normalized spacial score (nSPS) is 17.8. The molecule has 1 aliphatic heterocycles. The summed E-state index contributed by atoms with van der Waals surface area (Å²) in [5.74, 6) is 1.15. The minimum absolute atomic E-state index is 0.496. The largest absolute Gasteiger partial charge is 0.371 e. The second-order valence-corrected chi connectivity index (χ2v) is 5.65. The minimum Gasteiger partial charge on any atom is -0.371 e. The maximum Gasteiger partial charge on any atom is 0.110 e. The molecular formula is C17H24N4. The minimum atomic E-state index is 0.496. The van der Waals surface area contributed by atoms with E-state index in [0.717, 1.165) is 31.9 Å². The van der Waals surface area contributed by atoms with Crippen LogP contribution in [0.3, 0.4) is 0 Å². The Kier molecular flexibility index (Phi) is 4.25. The quantitative estimate of drug-likeness (QED) is 0.916. The summed E-state index contributed by atoms with van der Waals surface area (Å²) >= 11 is 0. The molecule has 0 bridgehead atoms. The van der Waals surface area contributed by atoms with Gasteiger partial charge in [-0.25, -0.2) is 4.98 Å². The van der Waals surface area contributed by atoms with Crippen LogP contribution in [-0.2, 0) is 13.5 Å². The summed E-state index contributed by atoms with van der Waals surface area (Å²) in [6.45, 7) is 5.34. The summed E-state index contributed by atoms with van der Waals surface area (Å²) in [6, 6.07) is 9.29. The van der Waals surface area contributed by atoms with Crippen LogP contribution >= 0.6 is 0 Å². The average Bonchev–Trinajstić information content (AvgIpc) is 2.92. The molecule has 2 aromatic rings. The van der Waals surface area contributed by atoms with E-state index in [1.165, 1.54) is 17.7 Å². The van der Waals surface area contributed by atoms with E-state index in [1.54, 1.807) is 0 Å². The summed E-state index contributed by atoms with van der Waals surface area (Å²) in [4.78, 5) is 6.92. The third-order valence-electron chi connectivity index (χ3n) is 4.32. The SMILES string of the molecule is CCNC1CCN(CCc2nccn2C)c2ccccc21. The Hall–Kier alpha value is -1.81. The first-order valence-electron chi connectivity index (χ1n) is 7.83. The van der Waals surface area contributed by atoms with Crippen LogP contribution in [0.15, 0.2) is 36.7 Å². The molecular weight excluding hydrogens is 260 g/mol. The molecule has 1 unspecified atom stereocenters. The number of para-hydroxylation sites is 1.